The third-order valence-electron chi connectivity index (χ3n) is 4.74. The summed E-state index contributed by atoms with van der Waals surface area (Å²) in [5.74, 6) is -1.84. The summed E-state index contributed by atoms with van der Waals surface area (Å²) in [7, 11) is 0. The highest BCUT2D eigenvalue weighted by Crippen LogP contribution is 2.41. The minimum absolute atomic E-state index is 0.117. The highest BCUT2D eigenvalue weighted by Gasteiger charge is 2.40. The molecule has 0 heterocycles. The van der Waals surface area contributed by atoms with Crippen LogP contribution in [-0.4, -0.2) is 29.6 Å². The van der Waals surface area contributed by atoms with E-state index >= 15 is 0 Å². The molecule has 0 fully saturated rings. The van der Waals surface area contributed by atoms with Crippen molar-refractivity contribution in [2.24, 2.45) is 0 Å². The van der Waals surface area contributed by atoms with Crippen LogP contribution in [-0.2, 0) is 6.18 Å². The number of halogens is 9. The summed E-state index contributed by atoms with van der Waals surface area (Å²) in [5.41, 5.74) is -2.39. The highest BCUT2D eigenvalue weighted by molar-refractivity contribution is 7.99. The number of carbonyl (C=O) groups excluding carboxylic acids is 1. The van der Waals surface area contributed by atoms with Gasteiger partial charge in [-0.3, -0.25) is 4.79 Å². The maximum absolute atomic E-state index is 13.7. The van der Waals surface area contributed by atoms with E-state index in [4.69, 9.17) is 34.8 Å². The molecule has 0 aromatic heterocycles. The van der Waals surface area contributed by atoms with Crippen molar-refractivity contribution < 1.29 is 31.1 Å². The molecule has 2 rings (SSSR count). The summed E-state index contributed by atoms with van der Waals surface area (Å²) < 4.78 is 82.2. The molecule has 2 aromatic rings. The Morgan fingerprint density at radius 2 is 1.66 bits per heavy atom. The van der Waals surface area contributed by atoms with Crippen LogP contribution in [0, 0.1) is 0 Å². The van der Waals surface area contributed by atoms with Crippen molar-refractivity contribution in [3.63, 3.8) is 0 Å². The molecule has 0 radical (unpaired) electrons. The lowest BCUT2D eigenvalue weighted by Crippen LogP contribution is -2.35. The number of hydrogen-bond acceptors (Lipinski definition) is 2. The van der Waals surface area contributed by atoms with Gasteiger partial charge in [0.2, 0.25) is 0 Å². The van der Waals surface area contributed by atoms with Crippen LogP contribution in [0.1, 0.15) is 46.8 Å². The van der Waals surface area contributed by atoms with Gasteiger partial charge in [0.15, 0.2) is 0 Å². The normalized spacial score (nSPS) is 14.3. The molecule has 0 aliphatic heterocycles. The summed E-state index contributed by atoms with van der Waals surface area (Å²) in [6.07, 6.45) is -8.11. The lowest BCUT2D eigenvalue weighted by molar-refractivity contribution is -0.139. The number of nitrogens with one attached hydrogen (secondary N) is 1. The monoisotopic (exact) mass is 577 g/mol. The molecule has 1 amide bonds. The van der Waals surface area contributed by atoms with Crippen molar-refractivity contribution in [1.82, 2.24) is 5.32 Å². The van der Waals surface area contributed by atoms with Crippen LogP contribution in [0.15, 0.2) is 36.4 Å². The summed E-state index contributed by atoms with van der Waals surface area (Å²) in [6, 6.07) is 4.32. The Labute approximate surface area is 218 Å². The van der Waals surface area contributed by atoms with Crippen LogP contribution in [0.3, 0.4) is 0 Å². The lowest BCUT2D eigenvalue weighted by atomic mass is 9.96. The van der Waals surface area contributed by atoms with Gasteiger partial charge >= 0.3 is 12.4 Å². The molecule has 0 spiro atoms. The van der Waals surface area contributed by atoms with Crippen molar-refractivity contribution >= 4 is 58.5 Å². The fourth-order valence-corrected chi connectivity index (χ4v) is 4.39. The molecule has 2 atom stereocenters. The Bertz CT molecular complexity index is 1060. The number of rotatable bonds is 8. The molecule has 0 aliphatic carbocycles. The Hall–Kier alpha value is -1.55. The number of thioether (sulfide) groups is 1. The fraction of sp³-hybridized carbons (Fsp3) is 0.348. The van der Waals surface area contributed by atoms with E-state index < -0.39 is 35.3 Å². The third-order valence-corrected chi connectivity index (χ3v) is 7.08. The Balaban J connectivity index is 2.42. The summed E-state index contributed by atoms with van der Waals surface area (Å²) >= 11 is 19.0. The van der Waals surface area contributed by atoms with Crippen molar-refractivity contribution in [3.05, 3.63) is 73.7 Å². The molecule has 0 aliphatic rings. The predicted octanol–water partition coefficient (Wildman–Crippen LogP) is 8.90. The standard InChI is InChI=1S/C23H20Cl3F6NOS/c1-3-35-11-12(2)33-21(34)15-6-4-13(8-17(15)23(30,31)32)5-7-16(22(27,28)29)14-9-18(24)20(26)19(25)10-14/h4-10,12,16H,3,11H2,1-2H3,(H,33,34)/b7-5+. The average molecular weight is 579 g/mol. The van der Waals surface area contributed by atoms with Gasteiger partial charge in [0.05, 0.1) is 32.1 Å². The zero-order chi connectivity index (χ0) is 26.6. The van der Waals surface area contributed by atoms with Gasteiger partial charge in [-0.2, -0.15) is 38.1 Å². The van der Waals surface area contributed by atoms with Crippen LogP contribution >= 0.6 is 46.6 Å². The molecule has 2 unspecified atom stereocenters. The van der Waals surface area contributed by atoms with E-state index in [2.05, 4.69) is 5.32 Å². The second-order valence-electron chi connectivity index (χ2n) is 7.51. The van der Waals surface area contributed by atoms with E-state index in [0.717, 1.165) is 36.1 Å². The van der Waals surface area contributed by atoms with E-state index in [9.17, 15) is 31.1 Å². The van der Waals surface area contributed by atoms with Gasteiger partial charge in [0, 0.05) is 11.8 Å². The quantitative estimate of drug-likeness (QED) is 0.250. The fourth-order valence-electron chi connectivity index (χ4n) is 3.11. The van der Waals surface area contributed by atoms with Gasteiger partial charge in [0.1, 0.15) is 0 Å². The smallest absolute Gasteiger partial charge is 0.349 e. The van der Waals surface area contributed by atoms with Crippen molar-refractivity contribution in [1.29, 1.82) is 0 Å². The Morgan fingerprint density at radius 1 is 1.06 bits per heavy atom. The molecule has 1 N–H and O–H groups in total. The Morgan fingerprint density at radius 3 is 2.17 bits per heavy atom. The molecule has 12 heteroatoms. The first kappa shape index (κ1) is 29.7. The van der Waals surface area contributed by atoms with E-state index in [1.54, 1.807) is 6.92 Å². The van der Waals surface area contributed by atoms with Gasteiger partial charge in [-0.25, -0.2) is 0 Å². The van der Waals surface area contributed by atoms with Crippen LogP contribution in [0.4, 0.5) is 26.3 Å². The molecule has 192 valence electrons. The van der Waals surface area contributed by atoms with Crippen LogP contribution < -0.4 is 5.32 Å². The van der Waals surface area contributed by atoms with Crippen LogP contribution in [0.5, 0.6) is 0 Å². The molecule has 0 saturated heterocycles. The van der Waals surface area contributed by atoms with Gasteiger partial charge in [-0.1, -0.05) is 59.9 Å². The summed E-state index contributed by atoms with van der Waals surface area (Å²) in [4.78, 5) is 12.4. The minimum Gasteiger partial charge on any atom is -0.349 e. The number of alkyl halides is 6. The topological polar surface area (TPSA) is 29.1 Å². The first-order chi connectivity index (χ1) is 16.1. The molecule has 2 nitrogen and oxygen atoms in total. The number of benzene rings is 2. The predicted molar refractivity (Wildman–Crippen MR) is 131 cm³/mol. The van der Waals surface area contributed by atoms with E-state index in [1.807, 2.05) is 6.92 Å². The highest BCUT2D eigenvalue weighted by atomic mass is 35.5. The van der Waals surface area contributed by atoms with Crippen molar-refractivity contribution in [2.75, 3.05) is 11.5 Å². The van der Waals surface area contributed by atoms with Crippen LogP contribution in [0.2, 0.25) is 15.1 Å². The zero-order valence-corrected chi connectivity index (χ0v) is 21.4. The summed E-state index contributed by atoms with van der Waals surface area (Å²) in [6.45, 7) is 3.57. The number of amides is 1. The molecular formula is C23H20Cl3F6NOS. The number of hydrogen-bond donors (Lipinski definition) is 1. The largest absolute Gasteiger partial charge is 0.417 e. The number of allylic oxidation sites excluding steroid dienone is 1. The second kappa shape index (κ2) is 12.1. The van der Waals surface area contributed by atoms with Gasteiger partial charge in [-0.05, 0) is 48.1 Å². The van der Waals surface area contributed by atoms with Gasteiger partial charge in [-0.15, -0.1) is 0 Å². The van der Waals surface area contributed by atoms with Crippen molar-refractivity contribution in [2.45, 2.75) is 38.2 Å². The molecule has 0 saturated carbocycles. The first-order valence-electron chi connectivity index (χ1n) is 10.1. The van der Waals surface area contributed by atoms with Gasteiger partial charge in [0.25, 0.3) is 5.91 Å². The SMILES string of the molecule is CCSCC(C)NC(=O)c1ccc(/C=C/C(c2cc(Cl)c(Cl)c(Cl)c2)C(F)(F)F)cc1C(F)(F)F. The molecule has 2 aromatic carbocycles. The minimum atomic E-state index is -4.90. The Kier molecular flexibility index (Phi) is 10.3. The third kappa shape index (κ3) is 8.23. The van der Waals surface area contributed by atoms with Gasteiger partial charge < -0.3 is 5.32 Å². The second-order valence-corrected chi connectivity index (χ2v) is 10.0. The van der Waals surface area contributed by atoms with E-state index in [-0.39, 0.29) is 32.2 Å². The average Bonchev–Trinajstić information content (AvgIpc) is 2.74. The van der Waals surface area contributed by atoms with E-state index in [0.29, 0.717) is 17.9 Å². The maximum Gasteiger partial charge on any atom is 0.417 e. The first-order valence-corrected chi connectivity index (χ1v) is 12.4. The molecule has 35 heavy (non-hydrogen) atoms. The molecule has 0 bridgehead atoms. The van der Waals surface area contributed by atoms with E-state index in [1.165, 1.54) is 11.8 Å². The van der Waals surface area contributed by atoms with Crippen molar-refractivity contribution in [3.8, 4) is 0 Å². The zero-order valence-electron chi connectivity index (χ0n) is 18.3. The maximum atomic E-state index is 13.7. The number of carbonyl (C=O) groups is 1. The lowest BCUT2D eigenvalue weighted by Gasteiger charge is -2.19. The summed E-state index contributed by atoms with van der Waals surface area (Å²) in [5, 5.41) is 2.00. The van der Waals surface area contributed by atoms with Crippen LogP contribution in [0.25, 0.3) is 6.08 Å². The molecular weight excluding hydrogens is 559 g/mol.